The van der Waals surface area contributed by atoms with E-state index in [2.05, 4.69) is 0 Å². The first-order chi connectivity index (χ1) is 9.74. The third-order valence-electron chi connectivity index (χ3n) is 3.62. The summed E-state index contributed by atoms with van der Waals surface area (Å²) >= 11 is 5.87. The maximum absolute atomic E-state index is 12.5. The predicted octanol–water partition coefficient (Wildman–Crippen LogP) is 1.08. The molecule has 1 saturated heterocycles. The van der Waals surface area contributed by atoms with E-state index in [0.717, 1.165) is 4.31 Å². The number of hydrogen-bond donors (Lipinski definition) is 2. The number of ether oxygens (including phenoxy) is 1. The molecular formula is C13H19ClN2O4S. The van der Waals surface area contributed by atoms with Crippen LogP contribution in [-0.2, 0) is 14.8 Å². The van der Waals surface area contributed by atoms with Gasteiger partial charge in [-0.15, -0.1) is 0 Å². The second-order valence-corrected chi connectivity index (χ2v) is 7.73. The minimum Gasteiger partial charge on any atom is -0.398 e. The van der Waals surface area contributed by atoms with Crippen LogP contribution in [0.15, 0.2) is 23.1 Å². The highest BCUT2D eigenvalue weighted by Crippen LogP contribution is 2.27. The minimum absolute atomic E-state index is 0.0146. The van der Waals surface area contributed by atoms with Crippen LogP contribution in [0.25, 0.3) is 0 Å². The molecule has 1 heterocycles. The second-order valence-electron chi connectivity index (χ2n) is 5.28. The number of nitrogen functional groups attached to an aromatic ring is 1. The Morgan fingerprint density at radius 2 is 2.05 bits per heavy atom. The van der Waals surface area contributed by atoms with Crippen LogP contribution >= 0.6 is 11.6 Å². The van der Waals surface area contributed by atoms with E-state index in [1.54, 1.807) is 0 Å². The molecule has 0 saturated carbocycles. The number of benzene rings is 1. The highest BCUT2D eigenvalue weighted by atomic mass is 35.5. The fraction of sp³-hybridized carbons (Fsp3) is 0.538. The van der Waals surface area contributed by atoms with Crippen molar-refractivity contribution in [2.24, 2.45) is 0 Å². The predicted molar refractivity (Wildman–Crippen MR) is 80.7 cm³/mol. The molecule has 6 nitrogen and oxygen atoms in total. The molecular weight excluding hydrogens is 316 g/mol. The lowest BCUT2D eigenvalue weighted by Crippen LogP contribution is -2.47. The topological polar surface area (TPSA) is 92.9 Å². The molecule has 8 heteroatoms. The third kappa shape index (κ3) is 3.67. The van der Waals surface area contributed by atoms with E-state index < -0.39 is 15.6 Å². The Hall–Kier alpha value is -0.860. The molecule has 0 unspecified atom stereocenters. The molecule has 118 valence electrons. The number of aliphatic hydroxyl groups is 1. The molecule has 0 bridgehead atoms. The Bertz CT molecular complexity index is 615. The van der Waals surface area contributed by atoms with Crippen molar-refractivity contribution in [3.63, 3.8) is 0 Å². The van der Waals surface area contributed by atoms with Gasteiger partial charge in [-0.25, -0.2) is 8.42 Å². The maximum atomic E-state index is 12.5. The molecule has 0 atom stereocenters. The molecule has 1 fully saturated rings. The quantitative estimate of drug-likeness (QED) is 0.804. The van der Waals surface area contributed by atoms with E-state index in [-0.39, 0.29) is 16.5 Å². The molecule has 1 aliphatic heterocycles. The zero-order chi connectivity index (χ0) is 15.7. The van der Waals surface area contributed by atoms with Crippen LogP contribution in [0.4, 0.5) is 5.69 Å². The second kappa shape index (κ2) is 6.10. The first-order valence-electron chi connectivity index (χ1n) is 6.56. The number of sulfonamides is 1. The smallest absolute Gasteiger partial charge is 0.242 e. The van der Waals surface area contributed by atoms with Crippen LogP contribution < -0.4 is 5.73 Å². The van der Waals surface area contributed by atoms with Gasteiger partial charge in [0.2, 0.25) is 10.0 Å². The average molecular weight is 335 g/mol. The van der Waals surface area contributed by atoms with Crippen molar-refractivity contribution in [1.29, 1.82) is 0 Å². The van der Waals surface area contributed by atoms with Gasteiger partial charge in [0, 0.05) is 39.6 Å². The molecule has 0 aromatic heterocycles. The van der Waals surface area contributed by atoms with E-state index in [1.165, 1.54) is 25.2 Å². The summed E-state index contributed by atoms with van der Waals surface area (Å²) in [4.78, 5) is 0.0554. The molecule has 0 aliphatic carbocycles. The average Bonchev–Trinajstić information content (AvgIpc) is 2.42. The number of likely N-dealkylation sites (N-methyl/N-ethyl adjacent to an activating group) is 1. The summed E-state index contributed by atoms with van der Waals surface area (Å²) in [5, 5.41) is 10.6. The molecule has 0 amide bonds. The molecule has 2 rings (SSSR count). The third-order valence-corrected chi connectivity index (χ3v) is 5.75. The Balaban J connectivity index is 2.20. The summed E-state index contributed by atoms with van der Waals surface area (Å²) in [5.74, 6) is 0. The van der Waals surface area contributed by atoms with Gasteiger partial charge in [0.25, 0.3) is 0 Å². The standard InChI is InChI=1S/C13H19ClN2O4S/c1-16(9-13(17)4-6-20-7-5-13)21(18,19)10-2-3-12(15)11(14)8-10/h2-3,8,17H,4-7,9,15H2,1H3. The molecule has 1 aromatic rings. The summed E-state index contributed by atoms with van der Waals surface area (Å²) < 4.78 is 31.3. The van der Waals surface area contributed by atoms with Crippen LogP contribution in [0.5, 0.6) is 0 Å². The molecule has 0 radical (unpaired) electrons. The van der Waals surface area contributed by atoms with E-state index in [1.807, 2.05) is 0 Å². The Labute approximate surface area is 129 Å². The number of halogens is 1. The van der Waals surface area contributed by atoms with Crippen LogP contribution in [0.1, 0.15) is 12.8 Å². The first kappa shape index (κ1) is 16.5. The normalized spacial score (nSPS) is 18.9. The van der Waals surface area contributed by atoms with Crippen molar-refractivity contribution in [3.05, 3.63) is 23.2 Å². The Morgan fingerprint density at radius 3 is 2.62 bits per heavy atom. The number of nitrogens with two attached hydrogens (primary N) is 1. The van der Waals surface area contributed by atoms with Gasteiger partial charge in [-0.2, -0.15) is 4.31 Å². The van der Waals surface area contributed by atoms with Gasteiger partial charge in [-0.1, -0.05) is 11.6 Å². The fourth-order valence-electron chi connectivity index (χ4n) is 2.26. The van der Waals surface area contributed by atoms with Crippen molar-refractivity contribution < 1.29 is 18.3 Å². The number of nitrogens with zero attached hydrogens (tertiary/aromatic N) is 1. The maximum Gasteiger partial charge on any atom is 0.242 e. The van der Waals surface area contributed by atoms with Crippen molar-refractivity contribution >= 4 is 27.3 Å². The van der Waals surface area contributed by atoms with E-state index in [4.69, 9.17) is 22.1 Å². The lowest BCUT2D eigenvalue weighted by atomic mass is 9.95. The minimum atomic E-state index is -3.72. The molecule has 0 spiro atoms. The Morgan fingerprint density at radius 1 is 1.43 bits per heavy atom. The zero-order valence-corrected chi connectivity index (χ0v) is 13.3. The van der Waals surface area contributed by atoms with Gasteiger partial charge in [0.05, 0.1) is 21.2 Å². The number of hydrogen-bond acceptors (Lipinski definition) is 5. The monoisotopic (exact) mass is 334 g/mol. The number of rotatable bonds is 4. The highest BCUT2D eigenvalue weighted by molar-refractivity contribution is 7.89. The van der Waals surface area contributed by atoms with Crippen molar-refractivity contribution in [1.82, 2.24) is 4.31 Å². The Kier molecular flexibility index (Phi) is 4.79. The van der Waals surface area contributed by atoms with Crippen LogP contribution in [0, 0.1) is 0 Å². The van der Waals surface area contributed by atoms with Gasteiger partial charge >= 0.3 is 0 Å². The van der Waals surface area contributed by atoms with Crippen LogP contribution in [0.3, 0.4) is 0 Å². The summed E-state index contributed by atoms with van der Waals surface area (Å²) in [6, 6.07) is 4.17. The summed E-state index contributed by atoms with van der Waals surface area (Å²) in [7, 11) is -2.29. The van der Waals surface area contributed by atoms with Gasteiger partial charge in [-0.05, 0) is 18.2 Å². The molecule has 3 N–H and O–H groups in total. The van der Waals surface area contributed by atoms with Crippen molar-refractivity contribution in [3.8, 4) is 0 Å². The molecule has 1 aromatic carbocycles. The largest absolute Gasteiger partial charge is 0.398 e. The van der Waals surface area contributed by atoms with Crippen LogP contribution in [0.2, 0.25) is 5.02 Å². The van der Waals surface area contributed by atoms with Crippen LogP contribution in [-0.4, -0.2) is 50.2 Å². The van der Waals surface area contributed by atoms with Gasteiger partial charge in [0.1, 0.15) is 0 Å². The van der Waals surface area contributed by atoms with Crippen molar-refractivity contribution in [2.75, 3.05) is 32.5 Å². The van der Waals surface area contributed by atoms with Gasteiger partial charge in [0.15, 0.2) is 0 Å². The SMILES string of the molecule is CN(CC1(O)CCOCC1)S(=O)(=O)c1ccc(N)c(Cl)c1. The zero-order valence-electron chi connectivity index (χ0n) is 11.8. The van der Waals surface area contributed by atoms with E-state index >= 15 is 0 Å². The lowest BCUT2D eigenvalue weighted by molar-refractivity contribution is -0.0689. The van der Waals surface area contributed by atoms with Gasteiger partial charge in [-0.3, -0.25) is 0 Å². The molecule has 21 heavy (non-hydrogen) atoms. The van der Waals surface area contributed by atoms with Gasteiger partial charge < -0.3 is 15.6 Å². The molecule has 1 aliphatic rings. The first-order valence-corrected chi connectivity index (χ1v) is 8.38. The summed E-state index contributed by atoms with van der Waals surface area (Å²) in [6.45, 7) is 0.872. The van der Waals surface area contributed by atoms with Crippen molar-refractivity contribution in [2.45, 2.75) is 23.3 Å². The number of anilines is 1. The van der Waals surface area contributed by atoms with E-state index in [9.17, 15) is 13.5 Å². The highest BCUT2D eigenvalue weighted by Gasteiger charge is 2.35. The summed E-state index contributed by atoms with van der Waals surface area (Å²) in [5.41, 5.74) is 4.85. The van der Waals surface area contributed by atoms with E-state index in [0.29, 0.717) is 31.7 Å². The fourth-order valence-corrected chi connectivity index (χ4v) is 3.78. The lowest BCUT2D eigenvalue weighted by Gasteiger charge is -2.35. The summed E-state index contributed by atoms with van der Waals surface area (Å²) in [6.07, 6.45) is 0.824.